The monoisotopic (exact) mass is 236 g/mol. The van der Waals surface area contributed by atoms with Gasteiger partial charge in [0.1, 0.15) is 0 Å². The first-order valence-corrected chi connectivity index (χ1v) is 4.75. The molecule has 0 N–H and O–H groups in total. The second-order valence-electron chi connectivity index (χ2n) is 2.07. The minimum absolute atomic E-state index is 0. The molecule has 13 heavy (non-hydrogen) atoms. The Bertz CT molecular complexity index is 281. The SMILES string of the molecule is C=C(C)C(=O)OOS(=O)(=O)CC.[CaH2]. The van der Waals surface area contributed by atoms with E-state index >= 15 is 0 Å². The van der Waals surface area contributed by atoms with Crippen molar-refractivity contribution < 1.29 is 22.4 Å². The molecule has 0 aliphatic heterocycles. The van der Waals surface area contributed by atoms with Gasteiger partial charge in [-0.15, -0.1) is 0 Å². The number of hydrogen-bond donors (Lipinski definition) is 0. The number of carbonyl (C=O) groups is 1. The molecule has 0 rings (SSSR count). The third-order valence-corrected chi connectivity index (χ3v) is 1.90. The van der Waals surface area contributed by atoms with E-state index in [9.17, 15) is 13.2 Å². The molecule has 74 valence electrons. The summed E-state index contributed by atoms with van der Waals surface area (Å²) in [4.78, 5) is 14.5. The molecule has 0 bridgehead atoms. The molecule has 5 nitrogen and oxygen atoms in total. The molecule has 0 unspecified atom stereocenters. The van der Waals surface area contributed by atoms with Crippen molar-refractivity contribution in [2.75, 3.05) is 5.75 Å². The molecule has 0 aliphatic carbocycles. The van der Waals surface area contributed by atoms with Gasteiger partial charge >= 0.3 is 53.8 Å². The van der Waals surface area contributed by atoms with Crippen LogP contribution in [0.15, 0.2) is 12.2 Å². The molecular weight excluding hydrogens is 224 g/mol. The summed E-state index contributed by atoms with van der Waals surface area (Å²) in [5, 5.41) is 0. The van der Waals surface area contributed by atoms with E-state index in [4.69, 9.17) is 0 Å². The van der Waals surface area contributed by atoms with Crippen molar-refractivity contribution in [1.82, 2.24) is 0 Å². The van der Waals surface area contributed by atoms with Crippen LogP contribution in [0.2, 0.25) is 0 Å². The first-order valence-electron chi connectivity index (χ1n) is 3.17. The Morgan fingerprint density at radius 2 is 1.92 bits per heavy atom. The second kappa shape index (κ2) is 6.78. The zero-order chi connectivity index (χ0) is 9.78. The van der Waals surface area contributed by atoms with Crippen LogP contribution in [0.25, 0.3) is 0 Å². The van der Waals surface area contributed by atoms with E-state index in [1.165, 1.54) is 13.8 Å². The number of carbonyl (C=O) groups excluding carboxylic acids is 1. The summed E-state index contributed by atoms with van der Waals surface area (Å²) < 4.78 is 25.1. The average molecular weight is 236 g/mol. The van der Waals surface area contributed by atoms with Crippen molar-refractivity contribution in [3.8, 4) is 0 Å². The van der Waals surface area contributed by atoms with Gasteiger partial charge in [-0.05, 0) is 13.8 Å². The molecule has 0 atom stereocenters. The normalized spacial score (nSPS) is 10.0. The Morgan fingerprint density at radius 1 is 1.46 bits per heavy atom. The van der Waals surface area contributed by atoms with Crippen molar-refractivity contribution in [2.45, 2.75) is 13.8 Å². The maximum absolute atomic E-state index is 10.6. The van der Waals surface area contributed by atoms with E-state index in [2.05, 4.69) is 15.8 Å². The van der Waals surface area contributed by atoms with Crippen molar-refractivity contribution in [2.24, 2.45) is 0 Å². The third-order valence-electron chi connectivity index (χ3n) is 0.915. The second-order valence-corrected chi connectivity index (χ2v) is 3.89. The molecule has 0 aliphatic rings. The molecule has 0 aromatic carbocycles. The first-order chi connectivity index (χ1) is 5.39. The van der Waals surface area contributed by atoms with Crippen LogP contribution in [0.1, 0.15) is 13.8 Å². The number of rotatable bonds is 4. The molecule has 0 heterocycles. The van der Waals surface area contributed by atoms with Crippen LogP contribution < -0.4 is 0 Å². The molecule has 0 saturated carbocycles. The standard InChI is InChI=1S/C6H10O5S.Ca.2H/c1-4-12(8,9)11-10-6(7)5(2)3;;;/h2,4H2,1,3H3;;;. The van der Waals surface area contributed by atoms with Crippen molar-refractivity contribution in [3.63, 3.8) is 0 Å². The zero-order valence-corrected chi connectivity index (χ0v) is 7.68. The van der Waals surface area contributed by atoms with E-state index in [1.807, 2.05) is 0 Å². The fourth-order valence-electron chi connectivity index (χ4n) is 0.202. The molecule has 0 spiro atoms. The fraction of sp³-hybridized carbons (Fsp3) is 0.500. The van der Waals surface area contributed by atoms with Crippen LogP contribution in [0.3, 0.4) is 0 Å². The van der Waals surface area contributed by atoms with E-state index in [-0.39, 0.29) is 49.1 Å². The van der Waals surface area contributed by atoms with Crippen molar-refractivity contribution in [1.29, 1.82) is 0 Å². The average Bonchev–Trinajstić information content (AvgIpc) is 2.00. The Morgan fingerprint density at radius 3 is 2.23 bits per heavy atom. The molecule has 0 radical (unpaired) electrons. The summed E-state index contributed by atoms with van der Waals surface area (Å²) in [6.45, 7) is 5.98. The maximum atomic E-state index is 10.6. The summed E-state index contributed by atoms with van der Waals surface area (Å²) >= 11 is 0. The summed E-state index contributed by atoms with van der Waals surface area (Å²) in [6.07, 6.45) is 0. The topological polar surface area (TPSA) is 69.7 Å². The van der Waals surface area contributed by atoms with Crippen LogP contribution in [-0.4, -0.2) is 57.9 Å². The first kappa shape index (κ1) is 15.8. The van der Waals surface area contributed by atoms with Gasteiger partial charge < -0.3 is 0 Å². The third kappa shape index (κ3) is 7.45. The van der Waals surface area contributed by atoms with Crippen LogP contribution in [0.5, 0.6) is 0 Å². The van der Waals surface area contributed by atoms with E-state index in [0.29, 0.717) is 0 Å². The zero-order valence-electron chi connectivity index (χ0n) is 6.86. The fourth-order valence-corrected chi connectivity index (χ4v) is 0.464. The summed E-state index contributed by atoms with van der Waals surface area (Å²) in [5.74, 6) is -1.15. The summed E-state index contributed by atoms with van der Waals surface area (Å²) in [5.41, 5.74) is 0.0707. The molecule has 0 aromatic rings. The van der Waals surface area contributed by atoms with Crippen LogP contribution in [0, 0.1) is 0 Å². The van der Waals surface area contributed by atoms with Crippen molar-refractivity contribution >= 4 is 53.8 Å². The van der Waals surface area contributed by atoms with Gasteiger partial charge in [0, 0.05) is 5.57 Å². The van der Waals surface area contributed by atoms with Gasteiger partial charge in [0.05, 0.1) is 5.75 Å². The van der Waals surface area contributed by atoms with Gasteiger partial charge in [-0.2, -0.15) is 8.42 Å². The predicted octanol–water partition coefficient (Wildman–Crippen LogP) is -0.529. The van der Waals surface area contributed by atoms with Crippen molar-refractivity contribution in [3.05, 3.63) is 12.2 Å². The molecule has 0 amide bonds. The van der Waals surface area contributed by atoms with Crippen LogP contribution >= 0.6 is 0 Å². The van der Waals surface area contributed by atoms with Gasteiger partial charge in [0.15, 0.2) is 0 Å². The molecular formula is C6H12CaO5S. The molecule has 0 aromatic heterocycles. The van der Waals surface area contributed by atoms with Gasteiger partial charge in [0.2, 0.25) is 0 Å². The van der Waals surface area contributed by atoms with Gasteiger partial charge in [0.25, 0.3) is 0 Å². The van der Waals surface area contributed by atoms with E-state index in [0.717, 1.165) is 0 Å². The molecule has 7 heteroatoms. The van der Waals surface area contributed by atoms with Gasteiger partial charge in [-0.3, -0.25) is 4.89 Å². The Labute approximate surface area is 107 Å². The van der Waals surface area contributed by atoms with E-state index in [1.54, 1.807) is 0 Å². The van der Waals surface area contributed by atoms with Gasteiger partial charge in [-0.25, -0.2) is 4.79 Å². The minimum atomic E-state index is -3.73. The summed E-state index contributed by atoms with van der Waals surface area (Å²) in [6, 6.07) is 0. The van der Waals surface area contributed by atoms with E-state index < -0.39 is 16.1 Å². The Kier molecular flexibility index (Phi) is 8.26. The Balaban J connectivity index is 0. The summed E-state index contributed by atoms with van der Waals surface area (Å²) in [7, 11) is -3.73. The van der Waals surface area contributed by atoms with Crippen LogP contribution in [0.4, 0.5) is 0 Å². The molecule has 0 fully saturated rings. The quantitative estimate of drug-likeness (QED) is 0.284. The van der Waals surface area contributed by atoms with Crippen LogP contribution in [-0.2, 0) is 24.1 Å². The Hall–Kier alpha value is 0.380. The van der Waals surface area contributed by atoms with Gasteiger partial charge in [-0.1, -0.05) is 10.9 Å². The molecule has 0 saturated heterocycles. The number of hydrogen-bond acceptors (Lipinski definition) is 5. The predicted molar refractivity (Wildman–Crippen MR) is 50.0 cm³/mol.